The van der Waals surface area contributed by atoms with E-state index in [9.17, 15) is 5.11 Å². The second-order valence-electron chi connectivity index (χ2n) is 6.14. The van der Waals surface area contributed by atoms with Gasteiger partial charge in [-0.3, -0.25) is 4.98 Å². The van der Waals surface area contributed by atoms with Crippen LogP contribution in [0.4, 0.5) is 0 Å². The number of rotatable bonds is 8. The van der Waals surface area contributed by atoms with Gasteiger partial charge in [-0.05, 0) is 32.3 Å². The van der Waals surface area contributed by atoms with Crippen molar-refractivity contribution in [2.24, 2.45) is 0 Å². The molecular formula is C17H25N3O2. The zero-order chi connectivity index (χ0) is 15.5. The number of aliphatic hydroxyl groups is 1. The van der Waals surface area contributed by atoms with Gasteiger partial charge in [0.15, 0.2) is 0 Å². The molecule has 0 spiro atoms. The van der Waals surface area contributed by atoms with Gasteiger partial charge in [0, 0.05) is 55.7 Å². The molecule has 1 aliphatic rings. The first kappa shape index (κ1) is 15.5. The highest BCUT2D eigenvalue weighted by atomic mass is 16.5. The summed E-state index contributed by atoms with van der Waals surface area (Å²) in [7, 11) is 1.72. The number of methoxy groups -OCH3 is 1. The van der Waals surface area contributed by atoms with Crippen LogP contribution in [0.5, 0.6) is 0 Å². The molecular weight excluding hydrogens is 278 g/mol. The summed E-state index contributed by atoms with van der Waals surface area (Å²) in [5, 5.41) is 14.2. The third kappa shape index (κ3) is 3.32. The summed E-state index contributed by atoms with van der Waals surface area (Å²) in [4.78, 5) is 4.59. The first-order chi connectivity index (χ1) is 10.7. The van der Waals surface area contributed by atoms with Crippen LogP contribution in [-0.2, 0) is 17.9 Å². The summed E-state index contributed by atoms with van der Waals surface area (Å²) in [6.07, 6.45) is 7.43. The quantitative estimate of drug-likeness (QED) is 0.735. The molecule has 3 rings (SSSR count). The van der Waals surface area contributed by atoms with Crippen molar-refractivity contribution in [2.45, 2.75) is 51.4 Å². The molecule has 120 valence electrons. The first-order valence-corrected chi connectivity index (χ1v) is 8.06. The third-order valence-corrected chi connectivity index (χ3v) is 4.29. The average molecular weight is 303 g/mol. The highest BCUT2D eigenvalue weighted by molar-refractivity contribution is 5.83. The molecule has 1 saturated carbocycles. The van der Waals surface area contributed by atoms with Crippen LogP contribution in [-0.4, -0.2) is 34.4 Å². The van der Waals surface area contributed by atoms with E-state index in [4.69, 9.17) is 4.74 Å². The maximum Gasteiger partial charge on any atom is 0.0703 e. The van der Waals surface area contributed by atoms with Crippen LogP contribution in [0.25, 0.3) is 10.9 Å². The number of hydrogen-bond donors (Lipinski definition) is 2. The van der Waals surface area contributed by atoms with Crippen LogP contribution in [0.1, 0.15) is 43.5 Å². The Bertz CT molecular complexity index is 634. The van der Waals surface area contributed by atoms with E-state index < -0.39 is 0 Å². The second kappa shape index (κ2) is 6.77. The highest BCUT2D eigenvalue weighted by Crippen LogP contribution is 2.27. The van der Waals surface area contributed by atoms with E-state index >= 15 is 0 Å². The Morgan fingerprint density at radius 3 is 3.00 bits per heavy atom. The predicted molar refractivity (Wildman–Crippen MR) is 86.7 cm³/mol. The van der Waals surface area contributed by atoms with Crippen molar-refractivity contribution in [3.05, 3.63) is 29.7 Å². The number of fused-ring (bicyclic) bond motifs is 1. The lowest BCUT2D eigenvalue weighted by Gasteiger charge is -2.13. The summed E-state index contributed by atoms with van der Waals surface area (Å²) in [5.74, 6) is 0. The molecule has 2 N–H and O–H groups in total. The van der Waals surface area contributed by atoms with Crippen molar-refractivity contribution >= 4 is 10.9 Å². The summed E-state index contributed by atoms with van der Waals surface area (Å²) in [6, 6.07) is 3.08. The molecule has 1 atom stereocenters. The SMILES string of the molecule is COCCCn1cc(CO)c2cnc(C(C)NC3CC3)cc21. The van der Waals surface area contributed by atoms with Crippen LogP contribution in [0.15, 0.2) is 18.5 Å². The highest BCUT2D eigenvalue weighted by Gasteiger charge is 2.24. The van der Waals surface area contributed by atoms with E-state index in [0.29, 0.717) is 6.04 Å². The molecule has 5 heteroatoms. The van der Waals surface area contributed by atoms with Gasteiger partial charge in [0.05, 0.1) is 17.8 Å². The lowest BCUT2D eigenvalue weighted by atomic mass is 10.1. The van der Waals surface area contributed by atoms with Gasteiger partial charge in [-0.2, -0.15) is 0 Å². The summed E-state index contributed by atoms with van der Waals surface area (Å²) in [6.45, 7) is 3.84. The monoisotopic (exact) mass is 303 g/mol. The maximum absolute atomic E-state index is 9.55. The number of hydrogen-bond acceptors (Lipinski definition) is 4. The van der Waals surface area contributed by atoms with Crippen LogP contribution < -0.4 is 5.32 Å². The number of nitrogens with zero attached hydrogens (tertiary/aromatic N) is 2. The largest absolute Gasteiger partial charge is 0.392 e. The van der Waals surface area contributed by atoms with Gasteiger partial charge >= 0.3 is 0 Å². The number of pyridine rings is 1. The van der Waals surface area contributed by atoms with E-state index in [1.165, 1.54) is 12.8 Å². The number of aliphatic hydroxyl groups excluding tert-OH is 1. The molecule has 0 bridgehead atoms. The van der Waals surface area contributed by atoms with Gasteiger partial charge in [0.1, 0.15) is 0 Å². The Hall–Kier alpha value is -1.43. The van der Waals surface area contributed by atoms with Crippen LogP contribution in [0, 0.1) is 0 Å². The molecule has 0 aliphatic heterocycles. The smallest absolute Gasteiger partial charge is 0.0703 e. The first-order valence-electron chi connectivity index (χ1n) is 8.06. The van der Waals surface area contributed by atoms with Crippen molar-refractivity contribution in [1.29, 1.82) is 0 Å². The Kier molecular flexibility index (Phi) is 4.76. The Balaban J connectivity index is 1.87. The number of ether oxygens (including phenoxy) is 1. The predicted octanol–water partition coefficient (Wildman–Crippen LogP) is 2.38. The minimum Gasteiger partial charge on any atom is -0.392 e. The molecule has 0 saturated heterocycles. The average Bonchev–Trinajstić information content (AvgIpc) is 3.27. The molecule has 22 heavy (non-hydrogen) atoms. The van der Waals surface area contributed by atoms with E-state index in [-0.39, 0.29) is 12.6 Å². The molecule has 1 unspecified atom stereocenters. The molecule has 2 heterocycles. The zero-order valence-electron chi connectivity index (χ0n) is 13.4. The molecule has 5 nitrogen and oxygen atoms in total. The van der Waals surface area contributed by atoms with Gasteiger partial charge in [0.25, 0.3) is 0 Å². The minimum atomic E-state index is 0.0463. The van der Waals surface area contributed by atoms with Crippen molar-refractivity contribution < 1.29 is 9.84 Å². The van der Waals surface area contributed by atoms with Gasteiger partial charge in [-0.25, -0.2) is 0 Å². The third-order valence-electron chi connectivity index (χ3n) is 4.29. The van der Waals surface area contributed by atoms with Crippen LogP contribution in [0.3, 0.4) is 0 Å². The van der Waals surface area contributed by atoms with Gasteiger partial charge in [0.2, 0.25) is 0 Å². The Morgan fingerprint density at radius 1 is 1.50 bits per heavy atom. The molecule has 0 aromatic carbocycles. The van der Waals surface area contributed by atoms with Crippen molar-refractivity contribution in [3.8, 4) is 0 Å². The summed E-state index contributed by atoms with van der Waals surface area (Å²) in [5.41, 5.74) is 3.15. The number of aromatic nitrogens is 2. The summed E-state index contributed by atoms with van der Waals surface area (Å²) < 4.78 is 7.34. The maximum atomic E-state index is 9.55. The van der Waals surface area contributed by atoms with Crippen LogP contribution in [0.2, 0.25) is 0 Å². The zero-order valence-corrected chi connectivity index (χ0v) is 13.4. The normalized spacial score (nSPS) is 16.3. The molecule has 1 aliphatic carbocycles. The lowest BCUT2D eigenvalue weighted by Crippen LogP contribution is -2.21. The van der Waals surface area contributed by atoms with Crippen molar-refractivity contribution in [1.82, 2.24) is 14.9 Å². The van der Waals surface area contributed by atoms with E-state index in [0.717, 1.165) is 41.7 Å². The fraction of sp³-hybridized carbons (Fsp3) is 0.588. The van der Waals surface area contributed by atoms with Crippen molar-refractivity contribution in [2.75, 3.05) is 13.7 Å². The van der Waals surface area contributed by atoms with Gasteiger partial charge in [-0.15, -0.1) is 0 Å². The second-order valence-corrected chi connectivity index (χ2v) is 6.14. The number of aryl methyl sites for hydroxylation is 1. The fourth-order valence-electron chi connectivity index (χ4n) is 2.89. The van der Waals surface area contributed by atoms with Gasteiger partial charge < -0.3 is 19.7 Å². The molecule has 2 aromatic heterocycles. The van der Waals surface area contributed by atoms with E-state index in [1.807, 2.05) is 12.4 Å². The Morgan fingerprint density at radius 2 is 2.32 bits per heavy atom. The van der Waals surface area contributed by atoms with Crippen molar-refractivity contribution in [3.63, 3.8) is 0 Å². The van der Waals surface area contributed by atoms with Gasteiger partial charge in [-0.1, -0.05) is 0 Å². The molecule has 1 fully saturated rings. The minimum absolute atomic E-state index is 0.0463. The molecule has 0 amide bonds. The molecule has 2 aromatic rings. The lowest BCUT2D eigenvalue weighted by molar-refractivity contribution is 0.190. The number of nitrogens with one attached hydrogen (secondary N) is 1. The fourth-order valence-corrected chi connectivity index (χ4v) is 2.89. The van der Waals surface area contributed by atoms with Crippen LogP contribution >= 0.6 is 0 Å². The van der Waals surface area contributed by atoms with E-state index in [1.54, 1.807) is 7.11 Å². The Labute approximate surface area is 131 Å². The van der Waals surface area contributed by atoms with E-state index in [2.05, 4.69) is 27.9 Å². The standard InChI is InChI=1S/C17H25N3O2/c1-12(19-14-4-5-14)16-8-17-15(9-18-16)13(11-21)10-20(17)6-3-7-22-2/h8-10,12,14,19,21H,3-7,11H2,1-2H3. The molecule has 0 radical (unpaired) electrons. The topological polar surface area (TPSA) is 59.3 Å². The summed E-state index contributed by atoms with van der Waals surface area (Å²) >= 11 is 0.